The third-order valence-corrected chi connectivity index (χ3v) is 4.00. The van der Waals surface area contributed by atoms with Crippen LogP contribution in [0.25, 0.3) is 11.3 Å². The maximum atomic E-state index is 12.6. The second-order valence-corrected chi connectivity index (χ2v) is 5.83. The zero-order valence-electron chi connectivity index (χ0n) is 14.3. The lowest BCUT2D eigenvalue weighted by Gasteiger charge is -2.14. The molecule has 0 fully saturated rings. The summed E-state index contributed by atoms with van der Waals surface area (Å²) in [4.78, 5) is 20.3. The summed E-state index contributed by atoms with van der Waals surface area (Å²) < 4.78 is 5.16. The van der Waals surface area contributed by atoms with Gasteiger partial charge >= 0.3 is 0 Å². The van der Waals surface area contributed by atoms with Gasteiger partial charge in [0.2, 0.25) is 0 Å². The van der Waals surface area contributed by atoms with Gasteiger partial charge in [-0.2, -0.15) is 0 Å². The number of nitrogens with one attached hydrogen (secondary N) is 2. The molecule has 5 heteroatoms. The van der Waals surface area contributed by atoms with Crippen LogP contribution in [-0.4, -0.2) is 23.0 Å². The van der Waals surface area contributed by atoms with Gasteiger partial charge in [0.15, 0.2) is 0 Å². The van der Waals surface area contributed by atoms with Crippen LogP contribution in [0.5, 0.6) is 0 Å². The fourth-order valence-corrected chi connectivity index (χ4v) is 2.69. The Morgan fingerprint density at radius 1 is 1.16 bits per heavy atom. The van der Waals surface area contributed by atoms with Crippen molar-refractivity contribution in [3.05, 3.63) is 77.7 Å². The smallest absolute Gasteiger partial charge is 0.252 e. The molecule has 1 aromatic heterocycles. The number of imidazole rings is 1. The maximum absolute atomic E-state index is 12.6. The van der Waals surface area contributed by atoms with Crippen LogP contribution in [0.4, 0.5) is 0 Å². The van der Waals surface area contributed by atoms with E-state index in [-0.39, 0.29) is 11.9 Å². The Morgan fingerprint density at radius 2 is 1.88 bits per heavy atom. The van der Waals surface area contributed by atoms with Crippen LogP contribution < -0.4 is 5.32 Å². The number of benzene rings is 2. The van der Waals surface area contributed by atoms with Gasteiger partial charge in [-0.3, -0.25) is 4.79 Å². The average Bonchev–Trinajstić information content (AvgIpc) is 3.13. The van der Waals surface area contributed by atoms with Crippen LogP contribution in [0, 0.1) is 0 Å². The van der Waals surface area contributed by atoms with Crippen molar-refractivity contribution < 1.29 is 9.53 Å². The molecular weight excluding hydrogens is 314 g/mol. The van der Waals surface area contributed by atoms with E-state index in [2.05, 4.69) is 15.3 Å². The predicted octanol–water partition coefficient (Wildman–Crippen LogP) is 3.71. The molecule has 1 amide bonds. The van der Waals surface area contributed by atoms with Crippen LogP contribution in [0.15, 0.2) is 60.8 Å². The minimum absolute atomic E-state index is 0.141. The van der Waals surface area contributed by atoms with E-state index in [0.29, 0.717) is 12.2 Å². The Hall–Kier alpha value is -2.92. The van der Waals surface area contributed by atoms with Gasteiger partial charge in [0.05, 0.1) is 24.5 Å². The normalized spacial score (nSPS) is 11.9. The molecule has 25 heavy (non-hydrogen) atoms. The molecule has 0 aliphatic carbocycles. The van der Waals surface area contributed by atoms with Gasteiger partial charge in [-0.15, -0.1) is 0 Å². The molecule has 0 unspecified atom stereocenters. The number of aromatic amines is 1. The average molecular weight is 335 g/mol. The third-order valence-electron chi connectivity index (χ3n) is 4.00. The molecular formula is C20H21N3O2. The molecule has 1 atom stereocenters. The van der Waals surface area contributed by atoms with Gasteiger partial charge in [0, 0.05) is 12.7 Å². The molecule has 0 bridgehead atoms. The molecule has 0 aliphatic rings. The molecule has 0 saturated carbocycles. The van der Waals surface area contributed by atoms with Crippen molar-refractivity contribution in [3.8, 4) is 11.3 Å². The number of methoxy groups -OCH3 is 1. The monoisotopic (exact) mass is 335 g/mol. The van der Waals surface area contributed by atoms with Gasteiger partial charge in [0.1, 0.15) is 5.82 Å². The highest BCUT2D eigenvalue weighted by atomic mass is 16.5. The van der Waals surface area contributed by atoms with Crippen LogP contribution in [0.2, 0.25) is 0 Å². The molecule has 3 rings (SSSR count). The highest BCUT2D eigenvalue weighted by Gasteiger charge is 2.16. The van der Waals surface area contributed by atoms with Crippen molar-refractivity contribution in [1.82, 2.24) is 15.3 Å². The van der Waals surface area contributed by atoms with Gasteiger partial charge in [-0.1, -0.05) is 48.5 Å². The Morgan fingerprint density at radius 3 is 2.64 bits per heavy atom. The van der Waals surface area contributed by atoms with E-state index in [1.54, 1.807) is 19.4 Å². The van der Waals surface area contributed by atoms with Crippen molar-refractivity contribution in [3.63, 3.8) is 0 Å². The largest absolute Gasteiger partial charge is 0.380 e. The molecule has 0 saturated heterocycles. The zero-order chi connectivity index (χ0) is 17.6. The number of nitrogens with zero attached hydrogens (tertiary/aromatic N) is 1. The molecule has 128 valence electrons. The van der Waals surface area contributed by atoms with Gasteiger partial charge < -0.3 is 15.0 Å². The lowest BCUT2D eigenvalue weighted by Crippen LogP contribution is -2.28. The minimum Gasteiger partial charge on any atom is -0.380 e. The van der Waals surface area contributed by atoms with Crippen molar-refractivity contribution >= 4 is 5.91 Å². The standard InChI is InChI=1S/C20H21N3O2/c1-14(19-21-12-18(23-19)15-8-4-3-5-9-15)22-20(24)17-11-7-6-10-16(17)13-25-2/h3-12,14H,13H2,1-2H3,(H,21,23)(H,22,24)/t14-/m0/s1. The molecule has 1 heterocycles. The number of carbonyl (C=O) groups excluding carboxylic acids is 1. The Bertz CT molecular complexity index is 843. The molecule has 2 aromatic carbocycles. The van der Waals surface area contributed by atoms with Crippen LogP contribution >= 0.6 is 0 Å². The summed E-state index contributed by atoms with van der Waals surface area (Å²) in [6.07, 6.45) is 1.78. The summed E-state index contributed by atoms with van der Waals surface area (Å²) in [6, 6.07) is 17.2. The van der Waals surface area contributed by atoms with E-state index in [4.69, 9.17) is 4.74 Å². The molecule has 5 nitrogen and oxygen atoms in total. The lowest BCUT2D eigenvalue weighted by atomic mass is 10.1. The SMILES string of the molecule is COCc1ccccc1C(=O)N[C@@H](C)c1ncc(-c2ccccc2)[nH]1. The van der Waals surface area contributed by atoms with Gasteiger partial charge in [-0.25, -0.2) is 4.98 Å². The lowest BCUT2D eigenvalue weighted by molar-refractivity contribution is 0.0933. The maximum Gasteiger partial charge on any atom is 0.252 e. The predicted molar refractivity (Wildman–Crippen MR) is 97.1 cm³/mol. The fourth-order valence-electron chi connectivity index (χ4n) is 2.69. The quantitative estimate of drug-likeness (QED) is 0.721. The minimum atomic E-state index is -0.236. The number of rotatable bonds is 6. The summed E-state index contributed by atoms with van der Waals surface area (Å²) in [7, 11) is 1.62. The Kier molecular flexibility index (Phi) is 5.26. The number of amides is 1. The molecule has 0 spiro atoms. The number of H-pyrrole nitrogens is 1. The number of hydrogen-bond acceptors (Lipinski definition) is 3. The molecule has 0 aliphatic heterocycles. The van der Waals surface area contributed by atoms with E-state index in [1.165, 1.54) is 0 Å². The molecule has 3 aromatic rings. The van der Waals surface area contributed by atoms with Crippen molar-refractivity contribution in [2.24, 2.45) is 0 Å². The first kappa shape index (κ1) is 16.9. The zero-order valence-corrected chi connectivity index (χ0v) is 14.3. The van der Waals surface area contributed by atoms with E-state index >= 15 is 0 Å². The second kappa shape index (κ2) is 7.77. The third kappa shape index (κ3) is 3.95. The number of carbonyl (C=O) groups is 1. The number of hydrogen-bond donors (Lipinski definition) is 2. The van der Waals surface area contributed by atoms with Gasteiger partial charge in [0.25, 0.3) is 5.91 Å². The Balaban J connectivity index is 1.73. The molecule has 0 radical (unpaired) electrons. The summed E-state index contributed by atoms with van der Waals surface area (Å²) in [5.74, 6) is 0.578. The first-order chi connectivity index (χ1) is 12.2. The first-order valence-corrected chi connectivity index (χ1v) is 8.17. The van der Waals surface area contributed by atoms with E-state index < -0.39 is 0 Å². The summed E-state index contributed by atoms with van der Waals surface area (Å²) in [6.45, 7) is 2.31. The highest BCUT2D eigenvalue weighted by molar-refractivity contribution is 5.95. The fraction of sp³-hybridized carbons (Fsp3) is 0.200. The summed E-state index contributed by atoms with van der Waals surface area (Å²) >= 11 is 0. The number of aromatic nitrogens is 2. The van der Waals surface area contributed by atoms with Crippen LogP contribution in [0.3, 0.4) is 0 Å². The summed E-state index contributed by atoms with van der Waals surface area (Å²) in [5.41, 5.74) is 3.46. The molecule has 2 N–H and O–H groups in total. The Labute approximate surface area is 147 Å². The van der Waals surface area contributed by atoms with Crippen LogP contribution in [0.1, 0.15) is 34.7 Å². The highest BCUT2D eigenvalue weighted by Crippen LogP contribution is 2.19. The van der Waals surface area contributed by atoms with Crippen molar-refractivity contribution in [2.45, 2.75) is 19.6 Å². The number of ether oxygens (including phenoxy) is 1. The van der Waals surface area contributed by atoms with Crippen molar-refractivity contribution in [2.75, 3.05) is 7.11 Å². The summed E-state index contributed by atoms with van der Waals surface area (Å²) in [5, 5.41) is 2.99. The first-order valence-electron chi connectivity index (χ1n) is 8.17. The van der Waals surface area contributed by atoms with E-state index in [9.17, 15) is 4.79 Å². The van der Waals surface area contributed by atoms with Crippen LogP contribution in [-0.2, 0) is 11.3 Å². The van der Waals surface area contributed by atoms with Gasteiger partial charge in [-0.05, 0) is 24.1 Å². The van der Waals surface area contributed by atoms with Crippen molar-refractivity contribution in [1.29, 1.82) is 0 Å². The second-order valence-electron chi connectivity index (χ2n) is 5.83. The topological polar surface area (TPSA) is 67.0 Å². The van der Waals surface area contributed by atoms with E-state index in [1.807, 2.05) is 55.5 Å². The van der Waals surface area contributed by atoms with E-state index in [0.717, 1.165) is 22.6 Å².